The molecule has 0 amide bonds. The van der Waals surface area contributed by atoms with Gasteiger partial charge in [0.25, 0.3) is 0 Å². The highest BCUT2D eigenvalue weighted by Crippen LogP contribution is 2.17. The van der Waals surface area contributed by atoms with Gasteiger partial charge < -0.3 is 9.47 Å². The van der Waals surface area contributed by atoms with E-state index in [1.54, 1.807) is 36.4 Å². The molecule has 0 heterocycles. The number of ether oxygens (including phenoxy) is 2. The zero-order chi connectivity index (χ0) is 18.8. The lowest BCUT2D eigenvalue weighted by molar-refractivity contribution is -0.134. The molecule has 2 aromatic carbocycles. The van der Waals surface area contributed by atoms with Crippen LogP contribution >= 0.6 is 0 Å². The first-order chi connectivity index (χ1) is 12.6. The minimum Gasteiger partial charge on any atom is -0.493 e. The lowest BCUT2D eigenvalue weighted by Gasteiger charge is -2.08. The highest BCUT2D eigenvalue weighted by molar-refractivity contribution is 5.72. The van der Waals surface area contributed by atoms with Gasteiger partial charge in [0.05, 0.1) is 6.61 Å². The lowest BCUT2D eigenvalue weighted by atomic mass is 10.1. The van der Waals surface area contributed by atoms with Crippen molar-refractivity contribution in [2.45, 2.75) is 19.8 Å². The second-order valence-corrected chi connectivity index (χ2v) is 5.54. The van der Waals surface area contributed by atoms with Gasteiger partial charge in [0.15, 0.2) is 0 Å². The van der Waals surface area contributed by atoms with Crippen molar-refractivity contribution in [2.75, 3.05) is 6.61 Å². The van der Waals surface area contributed by atoms with E-state index in [1.807, 2.05) is 31.2 Å². The highest BCUT2D eigenvalue weighted by Gasteiger charge is 2.06. The van der Waals surface area contributed by atoms with Crippen LogP contribution in [0, 0.1) is 29.6 Å². The Kier molecular flexibility index (Phi) is 6.97. The van der Waals surface area contributed by atoms with Gasteiger partial charge in [-0.2, -0.15) is 10.5 Å². The molecule has 0 spiro atoms. The van der Waals surface area contributed by atoms with Crippen molar-refractivity contribution in [3.63, 3.8) is 0 Å². The maximum absolute atomic E-state index is 11.9. The Morgan fingerprint density at radius 1 is 1.08 bits per heavy atom. The van der Waals surface area contributed by atoms with Crippen LogP contribution in [0.2, 0.25) is 0 Å². The van der Waals surface area contributed by atoms with E-state index in [4.69, 9.17) is 20.0 Å². The molecule has 0 unspecified atom stereocenters. The fourth-order valence-electron chi connectivity index (χ4n) is 2.19. The molecule has 0 atom stereocenters. The second-order valence-electron chi connectivity index (χ2n) is 5.54. The Hall–Kier alpha value is -3.57. The number of rotatable bonds is 7. The Balaban J connectivity index is 1.78. The molecule has 0 aliphatic carbocycles. The first-order valence-electron chi connectivity index (χ1n) is 8.13. The summed E-state index contributed by atoms with van der Waals surface area (Å²) in [5.41, 5.74) is 1.76. The Bertz CT molecular complexity index is 855. The van der Waals surface area contributed by atoms with E-state index in [0.717, 1.165) is 11.3 Å². The summed E-state index contributed by atoms with van der Waals surface area (Å²) in [6.45, 7) is 2.41. The van der Waals surface area contributed by atoms with Gasteiger partial charge in [-0.15, -0.1) is 0 Å². The topological polar surface area (TPSA) is 83.1 Å². The fourth-order valence-corrected chi connectivity index (χ4v) is 2.19. The van der Waals surface area contributed by atoms with Gasteiger partial charge in [-0.1, -0.05) is 30.3 Å². The molecule has 0 aromatic heterocycles. The van der Waals surface area contributed by atoms with Crippen molar-refractivity contribution in [2.24, 2.45) is 0 Å². The van der Waals surface area contributed by atoms with Gasteiger partial charge in [0, 0.05) is 6.42 Å². The number of esters is 1. The standard InChI is InChI=1S/C21H18N2O3/c1-16-5-2-3-6-20(16)25-12-4-7-21(24)26-19-10-8-17(9-11-19)13-18(14-22)15-23/h2-3,5-6,8-11,13H,4,7,12H2,1H3. The van der Waals surface area contributed by atoms with Gasteiger partial charge in [-0.3, -0.25) is 4.79 Å². The lowest BCUT2D eigenvalue weighted by Crippen LogP contribution is -2.10. The average molecular weight is 346 g/mol. The molecule has 2 aromatic rings. The number of hydrogen-bond acceptors (Lipinski definition) is 5. The third kappa shape index (κ3) is 5.81. The van der Waals surface area contributed by atoms with Gasteiger partial charge in [-0.25, -0.2) is 0 Å². The van der Waals surface area contributed by atoms with Crippen LogP contribution in [-0.2, 0) is 4.79 Å². The average Bonchev–Trinajstić information content (AvgIpc) is 2.66. The van der Waals surface area contributed by atoms with E-state index in [1.165, 1.54) is 6.08 Å². The summed E-state index contributed by atoms with van der Waals surface area (Å²) in [4.78, 5) is 11.9. The molecule has 0 bridgehead atoms. The maximum Gasteiger partial charge on any atom is 0.311 e. The Morgan fingerprint density at radius 2 is 1.77 bits per heavy atom. The molecule has 5 heteroatoms. The summed E-state index contributed by atoms with van der Waals surface area (Å²) >= 11 is 0. The predicted octanol–water partition coefficient (Wildman–Crippen LogP) is 4.19. The van der Waals surface area contributed by atoms with Gasteiger partial charge in [0.1, 0.15) is 29.2 Å². The summed E-state index contributed by atoms with van der Waals surface area (Å²) in [6.07, 6.45) is 2.27. The highest BCUT2D eigenvalue weighted by atomic mass is 16.5. The molecule has 0 saturated heterocycles. The van der Waals surface area contributed by atoms with E-state index >= 15 is 0 Å². The van der Waals surface area contributed by atoms with Crippen LogP contribution in [0.15, 0.2) is 54.1 Å². The molecule has 130 valence electrons. The van der Waals surface area contributed by atoms with Crippen molar-refractivity contribution in [3.8, 4) is 23.6 Å². The minimum absolute atomic E-state index is 0.0170. The zero-order valence-corrected chi connectivity index (χ0v) is 14.4. The third-order valence-corrected chi connectivity index (χ3v) is 3.54. The number of allylic oxidation sites excluding steroid dienone is 1. The number of para-hydroxylation sites is 1. The van der Waals surface area contributed by atoms with E-state index in [0.29, 0.717) is 24.3 Å². The summed E-state index contributed by atoms with van der Waals surface area (Å²) in [5, 5.41) is 17.5. The summed E-state index contributed by atoms with van der Waals surface area (Å²) < 4.78 is 10.9. The predicted molar refractivity (Wildman–Crippen MR) is 97.2 cm³/mol. The summed E-state index contributed by atoms with van der Waals surface area (Å²) in [5.74, 6) is 0.900. The summed E-state index contributed by atoms with van der Waals surface area (Å²) in [6, 6.07) is 17.9. The van der Waals surface area contributed by atoms with E-state index in [9.17, 15) is 4.79 Å². The molecule has 5 nitrogen and oxygen atoms in total. The van der Waals surface area contributed by atoms with Crippen LogP contribution in [0.4, 0.5) is 0 Å². The monoisotopic (exact) mass is 346 g/mol. The molecule has 0 saturated carbocycles. The molecular formula is C21H18N2O3. The maximum atomic E-state index is 11.9. The van der Waals surface area contributed by atoms with E-state index < -0.39 is 0 Å². The number of nitrogens with zero attached hydrogens (tertiary/aromatic N) is 2. The smallest absolute Gasteiger partial charge is 0.311 e. The second kappa shape index (κ2) is 9.66. The minimum atomic E-state index is -0.337. The molecule has 0 N–H and O–H groups in total. The van der Waals surface area contributed by atoms with Gasteiger partial charge in [0.2, 0.25) is 0 Å². The quantitative estimate of drug-likeness (QED) is 0.325. The van der Waals surface area contributed by atoms with Crippen molar-refractivity contribution >= 4 is 12.0 Å². The number of aryl methyl sites for hydroxylation is 1. The molecule has 0 aliphatic rings. The third-order valence-electron chi connectivity index (χ3n) is 3.54. The van der Waals surface area contributed by atoms with E-state index in [-0.39, 0.29) is 18.0 Å². The molecule has 2 rings (SSSR count). The molecule has 0 radical (unpaired) electrons. The van der Waals surface area contributed by atoms with Crippen LogP contribution in [-0.4, -0.2) is 12.6 Å². The van der Waals surface area contributed by atoms with Crippen molar-refractivity contribution in [1.29, 1.82) is 10.5 Å². The molecule has 0 aliphatic heterocycles. The molecular weight excluding hydrogens is 328 g/mol. The van der Waals surface area contributed by atoms with Crippen LogP contribution in [0.1, 0.15) is 24.0 Å². The number of carbonyl (C=O) groups is 1. The van der Waals surface area contributed by atoms with Crippen molar-refractivity contribution in [3.05, 3.63) is 65.2 Å². The first kappa shape index (κ1) is 18.8. The van der Waals surface area contributed by atoms with Crippen LogP contribution in [0.25, 0.3) is 6.08 Å². The van der Waals surface area contributed by atoms with E-state index in [2.05, 4.69) is 0 Å². The number of carbonyl (C=O) groups excluding carboxylic acids is 1. The SMILES string of the molecule is Cc1ccccc1OCCCC(=O)Oc1ccc(C=C(C#N)C#N)cc1. The van der Waals surface area contributed by atoms with Crippen molar-refractivity contribution in [1.82, 2.24) is 0 Å². The number of benzene rings is 2. The number of nitriles is 2. The van der Waals surface area contributed by atoms with Gasteiger partial charge in [-0.05, 0) is 48.7 Å². The molecule has 26 heavy (non-hydrogen) atoms. The van der Waals surface area contributed by atoms with Crippen LogP contribution in [0.3, 0.4) is 0 Å². The molecule has 0 fully saturated rings. The van der Waals surface area contributed by atoms with Gasteiger partial charge >= 0.3 is 5.97 Å². The number of hydrogen-bond donors (Lipinski definition) is 0. The largest absolute Gasteiger partial charge is 0.493 e. The zero-order valence-electron chi connectivity index (χ0n) is 14.4. The first-order valence-corrected chi connectivity index (χ1v) is 8.13. The Labute approximate surface area is 152 Å². The fraction of sp³-hybridized carbons (Fsp3) is 0.190. The van der Waals surface area contributed by atoms with Crippen molar-refractivity contribution < 1.29 is 14.3 Å². The van der Waals surface area contributed by atoms with Crippen LogP contribution < -0.4 is 9.47 Å². The summed E-state index contributed by atoms with van der Waals surface area (Å²) in [7, 11) is 0. The normalized spacial score (nSPS) is 9.50. The van der Waals surface area contributed by atoms with Crippen LogP contribution in [0.5, 0.6) is 11.5 Å². The Morgan fingerprint density at radius 3 is 2.42 bits per heavy atom.